The molecule has 0 radical (unpaired) electrons. The summed E-state index contributed by atoms with van der Waals surface area (Å²) in [7, 11) is 2.29. The Labute approximate surface area is 128 Å². The van der Waals surface area contributed by atoms with Crippen LogP contribution in [0.2, 0.25) is 0 Å². The zero-order chi connectivity index (χ0) is 14.2. The van der Waals surface area contributed by atoms with Crippen LogP contribution < -0.4 is 5.32 Å². The van der Waals surface area contributed by atoms with Gasteiger partial charge in [-0.1, -0.05) is 37.3 Å². The second-order valence-electron chi connectivity index (χ2n) is 5.71. The van der Waals surface area contributed by atoms with Crippen molar-refractivity contribution >= 4 is 11.8 Å². The van der Waals surface area contributed by atoms with Gasteiger partial charge in [0, 0.05) is 30.1 Å². The molecule has 0 amide bonds. The highest BCUT2D eigenvalue weighted by molar-refractivity contribution is 7.99. The van der Waals surface area contributed by atoms with Gasteiger partial charge in [0.05, 0.1) is 0 Å². The molecule has 1 aliphatic heterocycles. The minimum absolute atomic E-state index is 0.618. The second-order valence-corrected chi connectivity index (χ2v) is 6.86. The Kier molecular flexibility index (Phi) is 6.91. The summed E-state index contributed by atoms with van der Waals surface area (Å²) < 4.78 is 0. The van der Waals surface area contributed by atoms with Crippen LogP contribution >= 0.6 is 11.8 Å². The topological polar surface area (TPSA) is 15.3 Å². The van der Waals surface area contributed by atoms with Crippen LogP contribution in [0.25, 0.3) is 0 Å². The summed E-state index contributed by atoms with van der Waals surface area (Å²) >= 11 is 2.11. The third-order valence-electron chi connectivity index (χ3n) is 4.15. The molecule has 0 aliphatic carbocycles. The fourth-order valence-corrected chi connectivity index (χ4v) is 4.17. The lowest BCUT2D eigenvalue weighted by molar-refractivity contribution is 0.208. The maximum Gasteiger partial charge on any atom is 0.0337 e. The molecule has 2 rings (SSSR count). The van der Waals surface area contributed by atoms with E-state index in [2.05, 4.69) is 66.3 Å². The van der Waals surface area contributed by atoms with Crippen LogP contribution in [0.4, 0.5) is 0 Å². The first-order chi connectivity index (χ1) is 9.81. The molecule has 1 aliphatic rings. The monoisotopic (exact) mass is 292 g/mol. The van der Waals surface area contributed by atoms with Gasteiger partial charge in [0.2, 0.25) is 0 Å². The lowest BCUT2D eigenvalue weighted by Crippen LogP contribution is -2.53. The molecule has 1 heterocycles. The zero-order valence-electron chi connectivity index (χ0n) is 12.8. The average molecular weight is 292 g/mol. The molecular weight excluding hydrogens is 264 g/mol. The Hall–Kier alpha value is -0.510. The molecule has 1 saturated heterocycles. The van der Waals surface area contributed by atoms with Crippen LogP contribution in [-0.4, -0.2) is 48.6 Å². The van der Waals surface area contributed by atoms with Gasteiger partial charge in [0.1, 0.15) is 0 Å². The van der Waals surface area contributed by atoms with E-state index >= 15 is 0 Å². The molecule has 1 N–H and O–H groups in total. The normalized spacial score (nSPS) is 21.8. The lowest BCUT2D eigenvalue weighted by atomic mass is 9.99. The summed E-state index contributed by atoms with van der Waals surface area (Å²) in [5.41, 5.74) is 1.46. The Balaban J connectivity index is 1.92. The van der Waals surface area contributed by atoms with Crippen LogP contribution in [-0.2, 0) is 6.42 Å². The molecule has 3 heteroatoms. The van der Waals surface area contributed by atoms with Crippen molar-refractivity contribution in [3.05, 3.63) is 35.9 Å². The summed E-state index contributed by atoms with van der Waals surface area (Å²) in [4.78, 5) is 2.55. The zero-order valence-corrected chi connectivity index (χ0v) is 13.7. The van der Waals surface area contributed by atoms with Crippen molar-refractivity contribution in [1.29, 1.82) is 0 Å². The van der Waals surface area contributed by atoms with E-state index in [9.17, 15) is 0 Å². The van der Waals surface area contributed by atoms with Crippen molar-refractivity contribution in [2.24, 2.45) is 0 Å². The number of aryl methyl sites for hydroxylation is 1. The first-order valence-corrected chi connectivity index (χ1v) is 9.02. The molecule has 2 nitrogen and oxygen atoms in total. The Morgan fingerprint density at radius 3 is 2.85 bits per heavy atom. The lowest BCUT2D eigenvalue weighted by Gasteiger charge is -2.38. The van der Waals surface area contributed by atoms with Crippen molar-refractivity contribution in [2.75, 3.05) is 31.6 Å². The molecule has 1 aromatic rings. The van der Waals surface area contributed by atoms with Crippen molar-refractivity contribution in [2.45, 2.75) is 38.3 Å². The van der Waals surface area contributed by atoms with Gasteiger partial charge in [-0.2, -0.15) is 11.8 Å². The maximum absolute atomic E-state index is 3.78. The molecular formula is C17H28N2S. The summed E-state index contributed by atoms with van der Waals surface area (Å²) in [5, 5.41) is 3.78. The highest BCUT2D eigenvalue weighted by atomic mass is 32.2. The second kappa shape index (κ2) is 8.71. The van der Waals surface area contributed by atoms with Crippen molar-refractivity contribution < 1.29 is 0 Å². The molecule has 0 spiro atoms. The molecule has 20 heavy (non-hydrogen) atoms. The third-order valence-corrected chi connectivity index (χ3v) is 5.20. The number of rotatable bonds is 7. The van der Waals surface area contributed by atoms with E-state index in [0.717, 1.165) is 6.54 Å². The molecule has 2 unspecified atom stereocenters. The van der Waals surface area contributed by atoms with Gasteiger partial charge in [-0.15, -0.1) is 0 Å². The van der Waals surface area contributed by atoms with E-state index in [1.54, 1.807) is 0 Å². The van der Waals surface area contributed by atoms with Gasteiger partial charge in [-0.05, 0) is 38.4 Å². The number of likely N-dealkylation sites (N-methyl/N-ethyl adjacent to an activating group) is 1. The van der Waals surface area contributed by atoms with Gasteiger partial charge < -0.3 is 10.2 Å². The maximum atomic E-state index is 3.78. The number of nitrogens with one attached hydrogen (secondary N) is 1. The van der Waals surface area contributed by atoms with E-state index in [-0.39, 0.29) is 0 Å². The van der Waals surface area contributed by atoms with Gasteiger partial charge in [-0.3, -0.25) is 0 Å². The Morgan fingerprint density at radius 1 is 1.35 bits per heavy atom. The summed E-state index contributed by atoms with van der Waals surface area (Å²) in [6, 6.07) is 12.2. The van der Waals surface area contributed by atoms with E-state index in [1.807, 2.05) is 0 Å². The van der Waals surface area contributed by atoms with Crippen LogP contribution in [0.1, 0.15) is 25.3 Å². The summed E-state index contributed by atoms with van der Waals surface area (Å²) in [6.45, 7) is 4.61. The first kappa shape index (κ1) is 15.9. The molecule has 0 aromatic heterocycles. The molecule has 1 fully saturated rings. The van der Waals surface area contributed by atoms with Crippen LogP contribution in [0.3, 0.4) is 0 Å². The van der Waals surface area contributed by atoms with Crippen LogP contribution in [0.5, 0.6) is 0 Å². The van der Waals surface area contributed by atoms with Gasteiger partial charge in [0.25, 0.3) is 0 Å². The minimum Gasteiger partial charge on any atom is -0.312 e. The third kappa shape index (κ3) is 4.80. The highest BCUT2D eigenvalue weighted by Crippen LogP contribution is 2.20. The predicted octanol–water partition coefficient (Wildman–Crippen LogP) is 3.03. The molecule has 0 bridgehead atoms. The first-order valence-electron chi connectivity index (χ1n) is 7.86. The van der Waals surface area contributed by atoms with Gasteiger partial charge in [-0.25, -0.2) is 0 Å². The molecule has 0 saturated carbocycles. The number of hydrogen-bond donors (Lipinski definition) is 1. The smallest absolute Gasteiger partial charge is 0.0337 e. The fourth-order valence-electron chi connectivity index (χ4n) is 2.86. The summed E-state index contributed by atoms with van der Waals surface area (Å²) in [6.07, 6.45) is 3.63. The van der Waals surface area contributed by atoms with Crippen LogP contribution in [0, 0.1) is 0 Å². The van der Waals surface area contributed by atoms with Gasteiger partial charge in [0.15, 0.2) is 0 Å². The minimum atomic E-state index is 0.618. The molecule has 112 valence electrons. The van der Waals surface area contributed by atoms with E-state index in [0.29, 0.717) is 12.1 Å². The van der Waals surface area contributed by atoms with Gasteiger partial charge >= 0.3 is 0 Å². The number of thioether (sulfide) groups is 1. The number of benzene rings is 1. The SMILES string of the molecule is CCCNC(CCc1ccccc1)C1CSCCN1C. The average Bonchev–Trinajstić information content (AvgIpc) is 2.49. The van der Waals surface area contributed by atoms with Crippen molar-refractivity contribution in [1.82, 2.24) is 10.2 Å². The number of nitrogens with zero attached hydrogens (tertiary/aromatic N) is 1. The van der Waals surface area contributed by atoms with E-state index in [1.165, 1.54) is 42.9 Å². The predicted molar refractivity (Wildman–Crippen MR) is 90.6 cm³/mol. The van der Waals surface area contributed by atoms with Crippen molar-refractivity contribution in [3.8, 4) is 0 Å². The standard InChI is InChI=1S/C17H28N2S/c1-3-11-18-16(17-14-20-13-12-19(17)2)10-9-15-7-5-4-6-8-15/h4-8,16-18H,3,9-14H2,1-2H3. The van der Waals surface area contributed by atoms with Crippen molar-refractivity contribution in [3.63, 3.8) is 0 Å². The quantitative estimate of drug-likeness (QED) is 0.831. The fraction of sp³-hybridized carbons (Fsp3) is 0.647. The molecule has 2 atom stereocenters. The van der Waals surface area contributed by atoms with E-state index < -0.39 is 0 Å². The molecule has 1 aromatic carbocycles. The summed E-state index contributed by atoms with van der Waals surface area (Å²) in [5.74, 6) is 2.55. The Morgan fingerprint density at radius 2 is 2.15 bits per heavy atom. The highest BCUT2D eigenvalue weighted by Gasteiger charge is 2.27. The number of hydrogen-bond acceptors (Lipinski definition) is 3. The van der Waals surface area contributed by atoms with Crippen LogP contribution in [0.15, 0.2) is 30.3 Å². The Bertz CT molecular complexity index is 369. The van der Waals surface area contributed by atoms with E-state index in [4.69, 9.17) is 0 Å². The largest absolute Gasteiger partial charge is 0.312 e.